The van der Waals surface area contributed by atoms with Gasteiger partial charge in [0.2, 0.25) is 21.8 Å². The van der Waals surface area contributed by atoms with Gasteiger partial charge in [-0.1, -0.05) is 39.0 Å². The second kappa shape index (κ2) is 11.0. The van der Waals surface area contributed by atoms with Crippen molar-refractivity contribution in [2.75, 3.05) is 18.6 Å². The van der Waals surface area contributed by atoms with E-state index in [4.69, 9.17) is 4.74 Å². The SMILES string of the molecule is CCC(=O)N1CCc2cc(S(=O)(=O)N[C@H](CC(C)C)C(=O)NCc3ccccc3OC)ccc21. The second-order valence-electron chi connectivity index (χ2n) is 8.77. The molecule has 1 atom stereocenters. The molecule has 0 aromatic heterocycles. The van der Waals surface area contributed by atoms with Crippen molar-refractivity contribution >= 4 is 27.5 Å². The molecule has 0 fully saturated rings. The fourth-order valence-corrected chi connectivity index (χ4v) is 5.34. The summed E-state index contributed by atoms with van der Waals surface area (Å²) < 4.78 is 34.3. The van der Waals surface area contributed by atoms with E-state index in [1.54, 1.807) is 37.1 Å². The zero-order valence-electron chi connectivity index (χ0n) is 20.1. The van der Waals surface area contributed by atoms with Gasteiger partial charge < -0.3 is 15.0 Å². The standard InChI is InChI=1S/C25H33N3O5S/c1-5-24(29)28-13-12-18-15-20(10-11-22(18)28)34(31,32)27-21(14-17(2)3)25(30)26-16-19-8-6-7-9-23(19)33-4/h6-11,15,17,21,27H,5,12-14,16H2,1-4H3,(H,26,30)/t21-/m1/s1. The van der Waals surface area contributed by atoms with Gasteiger partial charge in [0, 0.05) is 30.8 Å². The number of carbonyl (C=O) groups excluding carboxylic acids is 2. The van der Waals surface area contributed by atoms with Gasteiger partial charge >= 0.3 is 0 Å². The number of nitrogens with one attached hydrogen (secondary N) is 2. The van der Waals surface area contributed by atoms with Crippen LogP contribution in [0.5, 0.6) is 5.75 Å². The Morgan fingerprint density at radius 3 is 2.56 bits per heavy atom. The van der Waals surface area contributed by atoms with Gasteiger partial charge in [-0.05, 0) is 48.6 Å². The first kappa shape index (κ1) is 25.7. The summed E-state index contributed by atoms with van der Waals surface area (Å²) in [6, 6.07) is 11.2. The molecule has 2 amide bonds. The third-order valence-corrected chi connectivity index (χ3v) is 7.30. The number of sulfonamides is 1. The number of nitrogens with zero attached hydrogens (tertiary/aromatic N) is 1. The Kier molecular flexibility index (Phi) is 8.33. The van der Waals surface area contributed by atoms with Crippen LogP contribution in [0.15, 0.2) is 47.4 Å². The lowest BCUT2D eigenvalue weighted by Gasteiger charge is -2.21. The van der Waals surface area contributed by atoms with Crippen LogP contribution in [0.1, 0.15) is 44.7 Å². The highest BCUT2D eigenvalue weighted by Gasteiger charge is 2.29. The molecule has 8 nitrogen and oxygen atoms in total. The maximum Gasteiger partial charge on any atom is 0.241 e. The summed E-state index contributed by atoms with van der Waals surface area (Å²) in [5.41, 5.74) is 2.36. The molecule has 1 aliphatic rings. The van der Waals surface area contributed by atoms with Crippen molar-refractivity contribution in [1.29, 1.82) is 0 Å². The molecule has 0 aliphatic carbocycles. The number of hydrogen-bond donors (Lipinski definition) is 2. The summed E-state index contributed by atoms with van der Waals surface area (Å²) in [5.74, 6) is 0.358. The number of amides is 2. The highest BCUT2D eigenvalue weighted by molar-refractivity contribution is 7.89. The van der Waals surface area contributed by atoms with Crippen LogP contribution in [-0.4, -0.2) is 39.9 Å². The Labute approximate surface area is 201 Å². The van der Waals surface area contributed by atoms with E-state index in [9.17, 15) is 18.0 Å². The number of anilines is 1. The Morgan fingerprint density at radius 2 is 1.88 bits per heavy atom. The number of hydrogen-bond acceptors (Lipinski definition) is 5. The Morgan fingerprint density at radius 1 is 1.15 bits per heavy atom. The maximum absolute atomic E-state index is 13.2. The molecule has 2 N–H and O–H groups in total. The van der Waals surface area contributed by atoms with Crippen molar-refractivity contribution in [1.82, 2.24) is 10.0 Å². The van der Waals surface area contributed by atoms with E-state index in [0.29, 0.717) is 31.6 Å². The number of methoxy groups -OCH3 is 1. The van der Waals surface area contributed by atoms with Crippen LogP contribution in [0.25, 0.3) is 0 Å². The van der Waals surface area contributed by atoms with E-state index < -0.39 is 22.0 Å². The number of para-hydroxylation sites is 1. The zero-order chi connectivity index (χ0) is 24.9. The van der Waals surface area contributed by atoms with Crippen LogP contribution in [0, 0.1) is 5.92 Å². The summed E-state index contributed by atoms with van der Waals surface area (Å²) in [5, 5.41) is 2.83. The van der Waals surface area contributed by atoms with E-state index in [0.717, 1.165) is 16.8 Å². The van der Waals surface area contributed by atoms with Gasteiger partial charge in [0.05, 0.1) is 12.0 Å². The number of ether oxygens (including phenoxy) is 1. The van der Waals surface area contributed by atoms with Crippen LogP contribution in [0.4, 0.5) is 5.69 Å². The minimum atomic E-state index is -3.95. The summed E-state index contributed by atoms with van der Waals surface area (Å²) in [7, 11) is -2.39. The molecule has 9 heteroatoms. The number of rotatable bonds is 10. The van der Waals surface area contributed by atoms with Gasteiger partial charge in [0.15, 0.2) is 0 Å². The number of carbonyl (C=O) groups is 2. The van der Waals surface area contributed by atoms with Crippen LogP contribution >= 0.6 is 0 Å². The molecule has 1 aliphatic heterocycles. The molecule has 3 rings (SSSR count). The first-order valence-electron chi connectivity index (χ1n) is 11.5. The average Bonchev–Trinajstić information content (AvgIpc) is 3.24. The van der Waals surface area contributed by atoms with E-state index in [-0.39, 0.29) is 23.3 Å². The molecule has 0 spiro atoms. The maximum atomic E-state index is 13.2. The van der Waals surface area contributed by atoms with Crippen LogP contribution in [0.3, 0.4) is 0 Å². The van der Waals surface area contributed by atoms with Crippen molar-refractivity contribution in [2.24, 2.45) is 5.92 Å². The summed E-state index contributed by atoms with van der Waals surface area (Å²) in [4.78, 5) is 26.9. The lowest BCUT2D eigenvalue weighted by atomic mass is 10.0. The average molecular weight is 488 g/mol. The molecule has 1 heterocycles. The quantitative estimate of drug-likeness (QED) is 0.536. The van der Waals surface area contributed by atoms with Gasteiger partial charge in [-0.25, -0.2) is 8.42 Å². The number of benzene rings is 2. The van der Waals surface area contributed by atoms with Gasteiger partial charge in [0.1, 0.15) is 11.8 Å². The van der Waals surface area contributed by atoms with Crippen molar-refractivity contribution in [3.63, 3.8) is 0 Å². The fourth-order valence-electron chi connectivity index (χ4n) is 4.09. The predicted molar refractivity (Wildman–Crippen MR) is 131 cm³/mol. The normalized spacial score (nSPS) is 14.1. The number of fused-ring (bicyclic) bond motifs is 1. The lowest BCUT2D eigenvalue weighted by molar-refractivity contribution is -0.123. The molecule has 0 radical (unpaired) electrons. The van der Waals surface area contributed by atoms with Crippen LogP contribution in [-0.2, 0) is 32.6 Å². The minimum Gasteiger partial charge on any atom is -0.496 e. The van der Waals surface area contributed by atoms with E-state index in [2.05, 4.69) is 10.0 Å². The summed E-state index contributed by atoms with van der Waals surface area (Å²) >= 11 is 0. The highest BCUT2D eigenvalue weighted by Crippen LogP contribution is 2.30. The van der Waals surface area contributed by atoms with Crippen molar-refractivity contribution in [2.45, 2.75) is 57.5 Å². The topological polar surface area (TPSA) is 105 Å². The molecule has 0 bridgehead atoms. The zero-order valence-corrected chi connectivity index (χ0v) is 20.9. The molecule has 0 saturated heterocycles. The van der Waals surface area contributed by atoms with Crippen molar-refractivity contribution < 1.29 is 22.7 Å². The van der Waals surface area contributed by atoms with Gasteiger partial charge in [-0.2, -0.15) is 4.72 Å². The molecule has 34 heavy (non-hydrogen) atoms. The van der Waals surface area contributed by atoms with Gasteiger partial charge in [0.25, 0.3) is 0 Å². The third kappa shape index (κ3) is 5.95. The molecular formula is C25H33N3O5S. The van der Waals surface area contributed by atoms with Crippen LogP contribution in [0.2, 0.25) is 0 Å². The Bertz CT molecular complexity index is 1150. The smallest absolute Gasteiger partial charge is 0.241 e. The Balaban J connectivity index is 1.76. The van der Waals surface area contributed by atoms with Crippen molar-refractivity contribution in [3.8, 4) is 5.75 Å². The van der Waals surface area contributed by atoms with Crippen LogP contribution < -0.4 is 19.7 Å². The van der Waals surface area contributed by atoms with Crippen molar-refractivity contribution in [3.05, 3.63) is 53.6 Å². The summed E-state index contributed by atoms with van der Waals surface area (Å²) in [6.45, 7) is 6.43. The molecule has 2 aromatic rings. The first-order chi connectivity index (χ1) is 16.2. The molecule has 0 unspecified atom stereocenters. The monoisotopic (exact) mass is 487 g/mol. The van der Waals surface area contributed by atoms with Gasteiger partial charge in [-0.15, -0.1) is 0 Å². The predicted octanol–water partition coefficient (Wildman–Crippen LogP) is 3.00. The molecule has 0 saturated carbocycles. The first-order valence-corrected chi connectivity index (χ1v) is 13.0. The lowest BCUT2D eigenvalue weighted by Crippen LogP contribution is -2.47. The second-order valence-corrected chi connectivity index (χ2v) is 10.5. The highest BCUT2D eigenvalue weighted by atomic mass is 32.2. The minimum absolute atomic E-state index is 0.0104. The van der Waals surface area contributed by atoms with E-state index in [1.165, 1.54) is 6.07 Å². The van der Waals surface area contributed by atoms with E-state index >= 15 is 0 Å². The van der Waals surface area contributed by atoms with Gasteiger partial charge in [-0.3, -0.25) is 9.59 Å². The summed E-state index contributed by atoms with van der Waals surface area (Å²) in [6.07, 6.45) is 1.34. The molecular weight excluding hydrogens is 454 g/mol. The largest absolute Gasteiger partial charge is 0.496 e. The Hall–Kier alpha value is -2.91. The van der Waals surface area contributed by atoms with E-state index in [1.807, 2.05) is 32.0 Å². The molecule has 184 valence electrons. The third-order valence-electron chi connectivity index (χ3n) is 5.83. The fraction of sp³-hybridized carbons (Fsp3) is 0.440. The molecule has 2 aromatic carbocycles.